The van der Waals surface area contributed by atoms with Crippen LogP contribution in [-0.2, 0) is 9.53 Å². The number of carbonyl (C=O) groups is 1. The van der Waals surface area contributed by atoms with Gasteiger partial charge < -0.3 is 9.47 Å². The van der Waals surface area contributed by atoms with Crippen molar-refractivity contribution in [3.05, 3.63) is 83.7 Å². The normalized spacial score (nSPS) is 17.4. The van der Waals surface area contributed by atoms with Gasteiger partial charge >= 0.3 is 0 Å². The molecule has 1 amide bonds. The Morgan fingerprint density at radius 2 is 1.76 bits per heavy atom. The molecule has 7 heteroatoms. The summed E-state index contributed by atoms with van der Waals surface area (Å²) < 4.78 is 27.1. The van der Waals surface area contributed by atoms with Crippen molar-refractivity contribution in [1.82, 2.24) is 4.98 Å². The average molecular weight is 461 g/mol. The van der Waals surface area contributed by atoms with Crippen LogP contribution in [0.4, 0.5) is 9.52 Å². The molecule has 0 spiro atoms. The molecule has 6 rings (SSSR count). The van der Waals surface area contributed by atoms with Crippen molar-refractivity contribution in [1.29, 1.82) is 0 Å². The van der Waals surface area contributed by atoms with Gasteiger partial charge in [0, 0.05) is 17.7 Å². The van der Waals surface area contributed by atoms with Crippen LogP contribution < -0.4 is 9.64 Å². The van der Waals surface area contributed by atoms with Gasteiger partial charge in [-0.1, -0.05) is 53.8 Å². The van der Waals surface area contributed by atoms with Gasteiger partial charge in [0.05, 0.1) is 23.3 Å². The highest BCUT2D eigenvalue weighted by atomic mass is 32.1. The molecule has 5 nitrogen and oxygen atoms in total. The van der Waals surface area contributed by atoms with Crippen molar-refractivity contribution in [3.63, 3.8) is 0 Å². The summed E-state index contributed by atoms with van der Waals surface area (Å²) in [6, 6.07) is 20.1. The van der Waals surface area contributed by atoms with Gasteiger partial charge in [0.15, 0.2) is 5.13 Å². The highest BCUT2D eigenvalue weighted by Gasteiger charge is 2.38. The van der Waals surface area contributed by atoms with Crippen LogP contribution in [0.1, 0.15) is 29.9 Å². The van der Waals surface area contributed by atoms with E-state index in [0.717, 1.165) is 24.0 Å². The van der Waals surface area contributed by atoms with Crippen LogP contribution in [0, 0.1) is 5.82 Å². The number of ether oxygens (including phenoxy) is 2. The predicted octanol–water partition coefficient (Wildman–Crippen LogP) is 5.89. The van der Waals surface area contributed by atoms with Crippen LogP contribution in [0.25, 0.3) is 10.2 Å². The van der Waals surface area contributed by atoms with Gasteiger partial charge in [-0.15, -0.1) is 0 Å². The summed E-state index contributed by atoms with van der Waals surface area (Å²) in [7, 11) is 0. The molecule has 0 N–H and O–H groups in total. The molecular weight excluding hydrogens is 439 g/mol. The van der Waals surface area contributed by atoms with Crippen molar-refractivity contribution < 1.29 is 18.7 Å². The number of fused-ring (bicyclic) bond motifs is 3. The molecule has 1 unspecified atom stereocenters. The zero-order valence-corrected chi connectivity index (χ0v) is 18.6. The molecule has 3 heterocycles. The Morgan fingerprint density at radius 1 is 1.03 bits per heavy atom. The van der Waals surface area contributed by atoms with Gasteiger partial charge in [0.25, 0.3) is 0 Å². The molecule has 1 aromatic heterocycles. The molecule has 1 saturated heterocycles. The maximum atomic E-state index is 14.4. The molecule has 2 aliphatic rings. The summed E-state index contributed by atoms with van der Waals surface area (Å²) in [4.78, 5) is 20.5. The Hall–Kier alpha value is -3.29. The lowest BCUT2D eigenvalue weighted by molar-refractivity contribution is -0.119. The Balaban J connectivity index is 1.47. The molecule has 1 fully saturated rings. The maximum Gasteiger partial charge on any atom is 0.241 e. The van der Waals surface area contributed by atoms with Crippen LogP contribution in [0.3, 0.4) is 0 Å². The Morgan fingerprint density at radius 3 is 2.42 bits per heavy atom. The van der Waals surface area contributed by atoms with Crippen molar-refractivity contribution in [2.45, 2.75) is 24.9 Å². The third-order valence-electron chi connectivity index (χ3n) is 6.19. The van der Waals surface area contributed by atoms with Gasteiger partial charge in [-0.2, -0.15) is 0 Å². The monoisotopic (exact) mass is 460 g/mol. The molecule has 0 radical (unpaired) electrons. The largest absolute Gasteiger partial charge is 0.457 e. The van der Waals surface area contributed by atoms with Crippen LogP contribution in [0.2, 0.25) is 0 Å². The van der Waals surface area contributed by atoms with E-state index in [9.17, 15) is 9.18 Å². The molecule has 0 saturated carbocycles. The second-order valence-corrected chi connectivity index (χ2v) is 9.29. The fraction of sp³-hybridized carbons (Fsp3) is 0.231. The summed E-state index contributed by atoms with van der Waals surface area (Å²) >= 11 is 1.33. The molecule has 166 valence electrons. The lowest BCUT2D eigenvalue weighted by Gasteiger charge is -2.32. The van der Waals surface area contributed by atoms with Crippen molar-refractivity contribution in [3.8, 4) is 11.5 Å². The third-order valence-corrected chi connectivity index (χ3v) is 7.24. The average Bonchev–Trinajstić information content (AvgIpc) is 3.51. The molecular formula is C26H21FN2O3S. The predicted molar refractivity (Wildman–Crippen MR) is 126 cm³/mol. The van der Waals surface area contributed by atoms with Crippen LogP contribution in [0.5, 0.6) is 11.5 Å². The van der Waals surface area contributed by atoms with E-state index in [1.807, 2.05) is 54.6 Å². The molecule has 0 bridgehead atoms. The number of aromatic nitrogens is 1. The van der Waals surface area contributed by atoms with Crippen LogP contribution in [-0.4, -0.2) is 30.1 Å². The van der Waals surface area contributed by atoms with E-state index in [1.165, 1.54) is 17.4 Å². The summed E-state index contributed by atoms with van der Waals surface area (Å²) in [6.07, 6.45) is 1.77. The first-order valence-corrected chi connectivity index (χ1v) is 11.8. The van der Waals surface area contributed by atoms with E-state index in [0.29, 0.717) is 34.5 Å². The fourth-order valence-corrected chi connectivity index (χ4v) is 5.60. The lowest BCUT2D eigenvalue weighted by Crippen LogP contribution is -2.41. The first-order chi connectivity index (χ1) is 16.2. The number of hydrogen-bond acceptors (Lipinski definition) is 5. The van der Waals surface area contributed by atoms with Crippen LogP contribution >= 0.6 is 11.3 Å². The summed E-state index contributed by atoms with van der Waals surface area (Å²) in [5.74, 6) is 0.280. The highest BCUT2D eigenvalue weighted by Crippen LogP contribution is 2.45. The van der Waals surface area contributed by atoms with Crippen LogP contribution in [0.15, 0.2) is 66.7 Å². The maximum absolute atomic E-state index is 14.4. The van der Waals surface area contributed by atoms with Crippen molar-refractivity contribution >= 4 is 32.6 Å². The van der Waals surface area contributed by atoms with Gasteiger partial charge in [-0.05, 0) is 37.1 Å². The second kappa shape index (κ2) is 8.24. The zero-order chi connectivity index (χ0) is 22.4. The minimum atomic E-state index is -0.551. The summed E-state index contributed by atoms with van der Waals surface area (Å²) in [6.45, 7) is 1.06. The number of rotatable bonds is 4. The number of amides is 1. The molecule has 3 aromatic carbocycles. The lowest BCUT2D eigenvalue weighted by atomic mass is 9.87. The van der Waals surface area contributed by atoms with E-state index in [1.54, 1.807) is 11.0 Å². The molecule has 2 aliphatic heterocycles. The summed E-state index contributed by atoms with van der Waals surface area (Å²) in [5, 5.41) is 0.483. The number of benzene rings is 3. The Bertz CT molecular complexity index is 1300. The topological polar surface area (TPSA) is 51.7 Å². The molecule has 4 aromatic rings. The number of halogens is 1. The van der Waals surface area contributed by atoms with E-state index in [4.69, 9.17) is 9.47 Å². The van der Waals surface area contributed by atoms with E-state index in [2.05, 4.69) is 4.98 Å². The fourth-order valence-electron chi connectivity index (χ4n) is 4.60. The van der Waals surface area contributed by atoms with E-state index in [-0.39, 0.29) is 23.3 Å². The number of para-hydroxylation sites is 3. The molecule has 33 heavy (non-hydrogen) atoms. The number of carbonyl (C=O) groups excluding carboxylic acids is 1. The van der Waals surface area contributed by atoms with E-state index < -0.39 is 5.92 Å². The van der Waals surface area contributed by atoms with Gasteiger partial charge in [-0.25, -0.2) is 9.37 Å². The number of nitrogens with zero attached hydrogens (tertiary/aromatic N) is 2. The smallest absolute Gasteiger partial charge is 0.241 e. The van der Waals surface area contributed by atoms with Crippen molar-refractivity contribution in [2.24, 2.45) is 0 Å². The standard InChI is InChI=1S/C26H21FN2O3S/c27-19-10-5-13-22-24(19)28-26(33-22)29(15-16-7-6-14-31-16)25(30)23-17-8-1-3-11-20(17)32-21-12-4-2-9-18(21)23/h1-5,8-13,16,23H,6-7,14-15H2. The quantitative estimate of drug-likeness (QED) is 0.381. The second-order valence-electron chi connectivity index (χ2n) is 8.28. The molecule has 0 aliphatic carbocycles. The van der Waals surface area contributed by atoms with Crippen molar-refractivity contribution in [2.75, 3.05) is 18.1 Å². The van der Waals surface area contributed by atoms with Gasteiger partial charge in [0.2, 0.25) is 5.91 Å². The zero-order valence-electron chi connectivity index (χ0n) is 17.7. The minimum absolute atomic E-state index is 0.0730. The first-order valence-electron chi connectivity index (χ1n) is 11.0. The summed E-state index contributed by atoms with van der Waals surface area (Å²) in [5.41, 5.74) is 1.91. The molecule has 1 atom stereocenters. The Labute approximate surface area is 194 Å². The third kappa shape index (κ3) is 3.57. The van der Waals surface area contributed by atoms with Gasteiger partial charge in [0.1, 0.15) is 22.8 Å². The first kappa shape index (κ1) is 20.3. The van der Waals surface area contributed by atoms with Gasteiger partial charge in [-0.3, -0.25) is 9.69 Å². The number of anilines is 1. The highest BCUT2D eigenvalue weighted by molar-refractivity contribution is 7.22. The Kier molecular flexibility index (Phi) is 5.08. The van der Waals surface area contributed by atoms with E-state index >= 15 is 0 Å². The number of thiazole rings is 1. The minimum Gasteiger partial charge on any atom is -0.457 e. The SMILES string of the molecule is O=C(C1c2ccccc2Oc2ccccc21)N(CC1CCCO1)c1nc2c(F)cccc2s1. The number of hydrogen-bond donors (Lipinski definition) is 0.